The Kier molecular flexibility index (Phi) is 6.12. The molecule has 2 aromatic rings. The van der Waals surface area contributed by atoms with E-state index >= 15 is 0 Å². The Labute approximate surface area is 152 Å². The van der Waals surface area contributed by atoms with Crippen molar-refractivity contribution in [2.24, 2.45) is 0 Å². The van der Waals surface area contributed by atoms with Crippen LogP contribution in [0.25, 0.3) is 0 Å². The van der Waals surface area contributed by atoms with Crippen molar-refractivity contribution < 1.29 is 16.8 Å². The Morgan fingerprint density at radius 3 is 1.87 bits per heavy atom. The fraction of sp³-hybridized carbons (Fsp3) is 0.273. The van der Waals surface area contributed by atoms with Crippen molar-refractivity contribution in [2.45, 2.75) is 21.4 Å². The van der Waals surface area contributed by atoms with Crippen LogP contribution in [0.2, 0.25) is 8.67 Å². The van der Waals surface area contributed by atoms with Gasteiger partial charge in [0.05, 0.1) is 8.67 Å². The van der Waals surface area contributed by atoms with Crippen molar-refractivity contribution in [3.63, 3.8) is 0 Å². The minimum absolute atomic E-state index is 0.0715. The molecule has 2 rings (SSSR count). The standard InChI is InChI=1S/C11H12Cl2N2O4S4/c1-7(15-23(18,19)11-5-3-9(13)21-11)6-14-22(16,17)10-4-2-8(12)20-10/h2-5,7,14-15H,6H2,1H3/t7-/m0/s1. The SMILES string of the molecule is C[C@@H](CNS(=O)(=O)c1ccc(Cl)s1)NS(=O)(=O)c1ccc(Cl)s1. The van der Waals surface area contributed by atoms with Crippen molar-refractivity contribution in [3.8, 4) is 0 Å². The van der Waals surface area contributed by atoms with E-state index in [1.165, 1.54) is 24.3 Å². The molecule has 1 atom stereocenters. The van der Waals surface area contributed by atoms with Gasteiger partial charge in [0.15, 0.2) is 0 Å². The third-order valence-electron chi connectivity index (χ3n) is 2.56. The molecule has 0 radical (unpaired) electrons. The molecule has 128 valence electrons. The Morgan fingerprint density at radius 1 is 0.957 bits per heavy atom. The van der Waals surface area contributed by atoms with Crippen LogP contribution in [0.5, 0.6) is 0 Å². The summed E-state index contributed by atoms with van der Waals surface area (Å²) in [6.07, 6.45) is 0. The molecule has 0 saturated heterocycles. The summed E-state index contributed by atoms with van der Waals surface area (Å²) in [6.45, 7) is 1.45. The molecule has 0 aliphatic rings. The zero-order valence-electron chi connectivity index (χ0n) is 11.6. The van der Waals surface area contributed by atoms with E-state index in [-0.39, 0.29) is 15.0 Å². The summed E-state index contributed by atoms with van der Waals surface area (Å²) < 4.78 is 53.9. The van der Waals surface area contributed by atoms with Crippen molar-refractivity contribution >= 4 is 65.9 Å². The van der Waals surface area contributed by atoms with Crippen molar-refractivity contribution in [1.82, 2.24) is 9.44 Å². The van der Waals surface area contributed by atoms with Gasteiger partial charge < -0.3 is 0 Å². The van der Waals surface area contributed by atoms with Gasteiger partial charge in [-0.1, -0.05) is 23.2 Å². The van der Waals surface area contributed by atoms with Gasteiger partial charge >= 0.3 is 0 Å². The number of thiophene rings is 2. The Hall–Kier alpha value is -0.200. The molecule has 0 aromatic carbocycles. The van der Waals surface area contributed by atoms with Gasteiger partial charge in [0, 0.05) is 12.6 Å². The molecule has 0 spiro atoms. The van der Waals surface area contributed by atoms with E-state index in [4.69, 9.17) is 23.2 Å². The average Bonchev–Trinajstić information content (AvgIpc) is 3.05. The highest BCUT2D eigenvalue weighted by molar-refractivity contribution is 7.92. The lowest BCUT2D eigenvalue weighted by atomic mass is 10.4. The number of hydrogen-bond donors (Lipinski definition) is 2. The summed E-state index contributed by atoms with van der Waals surface area (Å²) in [4.78, 5) is 0. The molecule has 0 unspecified atom stereocenters. The predicted octanol–water partition coefficient (Wildman–Crippen LogP) is 2.76. The molecular formula is C11H12Cl2N2O4S4. The molecular weight excluding hydrogens is 423 g/mol. The lowest BCUT2D eigenvalue weighted by molar-refractivity contribution is 0.547. The normalized spacial score (nSPS) is 14.0. The van der Waals surface area contributed by atoms with Gasteiger partial charge in [-0.3, -0.25) is 0 Å². The summed E-state index contributed by atoms with van der Waals surface area (Å²) in [5.41, 5.74) is 0. The van der Waals surface area contributed by atoms with Crippen LogP contribution in [0.15, 0.2) is 32.7 Å². The predicted molar refractivity (Wildman–Crippen MR) is 93.6 cm³/mol. The zero-order valence-corrected chi connectivity index (χ0v) is 16.4. The Balaban J connectivity index is 1.99. The van der Waals surface area contributed by atoms with Gasteiger partial charge in [0.25, 0.3) is 0 Å². The molecule has 23 heavy (non-hydrogen) atoms. The van der Waals surface area contributed by atoms with Crippen molar-refractivity contribution in [1.29, 1.82) is 0 Å². The second kappa shape index (κ2) is 7.36. The van der Waals surface area contributed by atoms with E-state index < -0.39 is 26.1 Å². The summed E-state index contributed by atoms with van der Waals surface area (Å²) in [5, 5.41) is 0. The summed E-state index contributed by atoms with van der Waals surface area (Å²) in [6, 6.07) is 5.09. The second-order valence-electron chi connectivity index (χ2n) is 4.49. The van der Waals surface area contributed by atoms with Gasteiger partial charge in [-0.05, 0) is 31.2 Å². The van der Waals surface area contributed by atoms with Crippen LogP contribution >= 0.6 is 45.9 Å². The third kappa shape index (κ3) is 5.13. The number of sulfonamides is 2. The fourth-order valence-electron chi connectivity index (χ4n) is 1.55. The second-order valence-corrected chi connectivity index (χ2v) is 11.9. The first-order valence-corrected chi connectivity index (χ1v) is 11.5. The van der Waals surface area contributed by atoms with E-state index in [9.17, 15) is 16.8 Å². The lowest BCUT2D eigenvalue weighted by Gasteiger charge is -2.14. The number of nitrogens with one attached hydrogen (secondary N) is 2. The zero-order chi connectivity index (χ0) is 17.3. The van der Waals surface area contributed by atoms with Gasteiger partial charge in [0.2, 0.25) is 20.0 Å². The Bertz CT molecular complexity index is 889. The van der Waals surface area contributed by atoms with Gasteiger partial charge in [-0.25, -0.2) is 26.3 Å². The maximum Gasteiger partial charge on any atom is 0.250 e. The number of halogens is 2. The topological polar surface area (TPSA) is 92.3 Å². The van der Waals surface area contributed by atoms with Gasteiger partial charge in [0.1, 0.15) is 8.42 Å². The Morgan fingerprint density at radius 2 is 1.43 bits per heavy atom. The lowest BCUT2D eigenvalue weighted by Crippen LogP contribution is -2.41. The van der Waals surface area contributed by atoms with E-state index in [1.807, 2.05) is 0 Å². The molecule has 0 aliphatic carbocycles. The molecule has 0 bridgehead atoms. The number of hydrogen-bond acceptors (Lipinski definition) is 6. The first-order valence-electron chi connectivity index (χ1n) is 6.13. The average molecular weight is 435 g/mol. The first kappa shape index (κ1) is 19.1. The first-order chi connectivity index (χ1) is 10.6. The number of rotatable bonds is 7. The summed E-state index contributed by atoms with van der Waals surface area (Å²) >= 11 is 13.3. The molecule has 0 aliphatic heterocycles. The van der Waals surface area contributed by atoms with E-state index in [1.54, 1.807) is 6.92 Å². The highest BCUT2D eigenvalue weighted by Crippen LogP contribution is 2.26. The minimum Gasteiger partial charge on any atom is -0.209 e. The van der Waals surface area contributed by atoms with Gasteiger partial charge in [-0.15, -0.1) is 22.7 Å². The maximum absolute atomic E-state index is 12.1. The molecule has 0 saturated carbocycles. The maximum atomic E-state index is 12.1. The molecule has 2 aromatic heterocycles. The van der Waals surface area contributed by atoms with E-state index in [2.05, 4.69) is 9.44 Å². The highest BCUT2D eigenvalue weighted by Gasteiger charge is 2.22. The van der Waals surface area contributed by atoms with Crippen LogP contribution in [0.4, 0.5) is 0 Å². The van der Waals surface area contributed by atoms with Gasteiger partial charge in [-0.2, -0.15) is 0 Å². The minimum atomic E-state index is -3.74. The smallest absolute Gasteiger partial charge is 0.209 e. The van der Waals surface area contributed by atoms with E-state index in [0.717, 1.165) is 22.7 Å². The largest absolute Gasteiger partial charge is 0.250 e. The molecule has 2 heterocycles. The van der Waals surface area contributed by atoms with Crippen LogP contribution in [0.1, 0.15) is 6.92 Å². The molecule has 0 amide bonds. The molecule has 6 nitrogen and oxygen atoms in total. The summed E-state index contributed by atoms with van der Waals surface area (Å²) in [7, 11) is -7.46. The van der Waals surface area contributed by atoms with Crippen LogP contribution in [0, 0.1) is 0 Å². The summed E-state index contributed by atoms with van der Waals surface area (Å²) in [5.74, 6) is 0. The molecule has 2 N–H and O–H groups in total. The monoisotopic (exact) mass is 434 g/mol. The van der Waals surface area contributed by atoms with Crippen LogP contribution in [-0.2, 0) is 20.0 Å². The van der Waals surface area contributed by atoms with Crippen LogP contribution < -0.4 is 9.44 Å². The van der Waals surface area contributed by atoms with Crippen LogP contribution in [0.3, 0.4) is 0 Å². The molecule has 0 fully saturated rings. The van der Waals surface area contributed by atoms with E-state index in [0.29, 0.717) is 8.67 Å². The quantitative estimate of drug-likeness (QED) is 0.700. The highest BCUT2D eigenvalue weighted by atomic mass is 35.5. The van der Waals surface area contributed by atoms with Crippen LogP contribution in [-0.4, -0.2) is 29.4 Å². The molecule has 12 heteroatoms. The fourth-order valence-corrected chi connectivity index (χ4v) is 6.96. The van der Waals surface area contributed by atoms with Crippen molar-refractivity contribution in [3.05, 3.63) is 32.9 Å². The third-order valence-corrected chi connectivity index (χ3v) is 9.02. The van der Waals surface area contributed by atoms with Crippen molar-refractivity contribution in [2.75, 3.05) is 6.54 Å².